The zero-order chi connectivity index (χ0) is 18.9. The molecule has 0 spiro atoms. The van der Waals surface area contributed by atoms with Crippen LogP contribution in [0.3, 0.4) is 0 Å². The molecule has 3 saturated heterocycles. The van der Waals surface area contributed by atoms with Crippen LogP contribution in [-0.4, -0.2) is 59.4 Å². The summed E-state index contributed by atoms with van der Waals surface area (Å²) in [4.78, 5) is 0.142. The van der Waals surface area contributed by atoms with Gasteiger partial charge in [0.25, 0.3) is 10.1 Å². The second-order valence-electron chi connectivity index (χ2n) is 7.39. The van der Waals surface area contributed by atoms with Crippen molar-refractivity contribution in [1.82, 2.24) is 0 Å². The zero-order valence-electron chi connectivity index (χ0n) is 15.4. The Hall–Kier alpha value is -1.03. The number of hydrogen-bond donors (Lipinski definition) is 0. The van der Waals surface area contributed by atoms with Crippen LogP contribution < -0.4 is 0 Å². The molecule has 1 aromatic rings. The molecule has 3 heterocycles. The normalized spacial score (nSPS) is 33.9. The van der Waals surface area contributed by atoms with Crippen LogP contribution >= 0.6 is 0 Å². The van der Waals surface area contributed by atoms with Gasteiger partial charge in [-0.2, -0.15) is 8.42 Å². The number of aryl methyl sites for hydroxylation is 1. The molecular weight excluding hydrogens is 372 g/mol. The maximum atomic E-state index is 12.5. The van der Waals surface area contributed by atoms with Crippen molar-refractivity contribution in [3.05, 3.63) is 29.8 Å². The lowest BCUT2D eigenvalue weighted by Gasteiger charge is -2.25. The summed E-state index contributed by atoms with van der Waals surface area (Å²) in [7, 11) is -3.86. The van der Waals surface area contributed by atoms with Gasteiger partial charge in [0.15, 0.2) is 6.29 Å². The number of hydrogen-bond acceptors (Lipinski definition) is 7. The minimum Gasteiger partial charge on any atom is -0.372 e. The van der Waals surface area contributed by atoms with Gasteiger partial charge in [-0.15, -0.1) is 0 Å². The molecule has 3 aliphatic heterocycles. The maximum Gasteiger partial charge on any atom is 0.297 e. The molecule has 0 aliphatic carbocycles. The van der Waals surface area contributed by atoms with Crippen molar-refractivity contribution in [2.45, 2.75) is 55.7 Å². The minimum absolute atomic E-state index is 0.0520. The smallest absolute Gasteiger partial charge is 0.297 e. The van der Waals surface area contributed by atoms with E-state index in [4.69, 9.17) is 23.1 Å². The average molecular weight is 398 g/mol. The summed E-state index contributed by atoms with van der Waals surface area (Å²) in [5, 5.41) is 0. The summed E-state index contributed by atoms with van der Waals surface area (Å²) in [5.41, 5.74) is 0.988. The summed E-state index contributed by atoms with van der Waals surface area (Å²) in [5.74, 6) is 0.0520. The van der Waals surface area contributed by atoms with Crippen molar-refractivity contribution in [3.8, 4) is 0 Å². The molecule has 1 aromatic carbocycles. The van der Waals surface area contributed by atoms with Crippen molar-refractivity contribution in [2.75, 3.05) is 26.4 Å². The van der Waals surface area contributed by atoms with Gasteiger partial charge in [0.05, 0.1) is 30.8 Å². The third-order valence-corrected chi connectivity index (χ3v) is 6.65. The summed E-state index contributed by atoms with van der Waals surface area (Å²) in [6, 6.07) is 6.59. The third kappa shape index (κ3) is 4.36. The van der Waals surface area contributed by atoms with E-state index < -0.39 is 22.3 Å². The van der Waals surface area contributed by atoms with Crippen molar-refractivity contribution in [2.24, 2.45) is 5.92 Å². The molecule has 0 N–H and O–H groups in total. The molecule has 27 heavy (non-hydrogen) atoms. The molecule has 5 atom stereocenters. The third-order valence-electron chi connectivity index (χ3n) is 5.30. The van der Waals surface area contributed by atoms with E-state index in [1.807, 2.05) is 6.92 Å². The molecule has 0 radical (unpaired) electrons. The molecule has 3 unspecified atom stereocenters. The second-order valence-corrected chi connectivity index (χ2v) is 8.96. The van der Waals surface area contributed by atoms with Gasteiger partial charge < -0.3 is 18.9 Å². The summed E-state index contributed by atoms with van der Waals surface area (Å²) < 4.78 is 53.5. The monoisotopic (exact) mass is 398 g/mol. The molecule has 8 heteroatoms. The van der Waals surface area contributed by atoms with Crippen LogP contribution in [0.5, 0.6) is 0 Å². The van der Waals surface area contributed by atoms with Crippen LogP contribution in [0.25, 0.3) is 0 Å². The number of fused-ring (bicyclic) bond motifs is 1. The Labute approximate surface area is 160 Å². The van der Waals surface area contributed by atoms with Crippen molar-refractivity contribution in [3.63, 3.8) is 0 Å². The van der Waals surface area contributed by atoms with E-state index >= 15 is 0 Å². The van der Waals surface area contributed by atoms with Crippen molar-refractivity contribution >= 4 is 10.1 Å². The predicted molar refractivity (Wildman–Crippen MR) is 95.8 cm³/mol. The zero-order valence-corrected chi connectivity index (χ0v) is 16.2. The molecule has 150 valence electrons. The highest BCUT2D eigenvalue weighted by molar-refractivity contribution is 7.86. The molecule has 3 fully saturated rings. The standard InChI is InChI=1S/C19H26O7S/c1-13-5-7-15(8-6-13)27(20,21)26-16-12-25-18-14(11-24-19(16)18)10-23-17-4-2-3-9-22-17/h5-8,14,16-19H,2-4,9-12H2,1H3/t14?,16?,17?,18-,19-/m1/s1. The number of rotatable bonds is 6. The van der Waals surface area contributed by atoms with Gasteiger partial charge in [-0.3, -0.25) is 4.18 Å². The quantitative estimate of drug-likeness (QED) is 0.678. The van der Waals surface area contributed by atoms with Gasteiger partial charge in [0, 0.05) is 12.5 Å². The Balaban J connectivity index is 1.33. The Morgan fingerprint density at radius 3 is 2.56 bits per heavy atom. The number of benzene rings is 1. The van der Waals surface area contributed by atoms with E-state index in [0.717, 1.165) is 31.4 Å². The van der Waals surface area contributed by atoms with E-state index in [1.54, 1.807) is 24.3 Å². The van der Waals surface area contributed by atoms with Crippen molar-refractivity contribution in [1.29, 1.82) is 0 Å². The minimum atomic E-state index is -3.86. The maximum absolute atomic E-state index is 12.5. The van der Waals surface area contributed by atoms with Crippen molar-refractivity contribution < 1.29 is 31.5 Å². The molecule has 3 aliphatic rings. The lowest BCUT2D eigenvalue weighted by Crippen LogP contribution is -2.34. The van der Waals surface area contributed by atoms with Crippen LogP contribution in [0.2, 0.25) is 0 Å². The summed E-state index contributed by atoms with van der Waals surface area (Å²) in [6.07, 6.45) is 1.68. The molecule has 0 amide bonds. The lowest BCUT2D eigenvalue weighted by molar-refractivity contribution is -0.173. The Kier molecular flexibility index (Phi) is 5.82. The Morgan fingerprint density at radius 2 is 1.81 bits per heavy atom. The van der Waals surface area contributed by atoms with Gasteiger partial charge in [0.1, 0.15) is 12.2 Å². The fraction of sp³-hybridized carbons (Fsp3) is 0.684. The van der Waals surface area contributed by atoms with Gasteiger partial charge >= 0.3 is 0 Å². The predicted octanol–water partition coefficient (Wildman–Crippen LogP) is 2.03. The highest BCUT2D eigenvalue weighted by atomic mass is 32.2. The summed E-state index contributed by atoms with van der Waals surface area (Å²) in [6.45, 7) is 3.77. The fourth-order valence-electron chi connectivity index (χ4n) is 3.77. The van der Waals surface area contributed by atoms with Crippen LogP contribution in [-0.2, 0) is 33.2 Å². The van der Waals surface area contributed by atoms with Gasteiger partial charge in [-0.05, 0) is 38.3 Å². The largest absolute Gasteiger partial charge is 0.372 e. The molecule has 0 bridgehead atoms. The van der Waals surface area contributed by atoms with E-state index in [1.165, 1.54) is 0 Å². The first-order valence-electron chi connectivity index (χ1n) is 9.49. The van der Waals surface area contributed by atoms with Crippen LogP contribution in [0.15, 0.2) is 29.2 Å². The molecule has 0 aromatic heterocycles. The second kappa shape index (κ2) is 8.14. The highest BCUT2D eigenvalue weighted by Crippen LogP contribution is 2.34. The molecular formula is C19H26O7S. The Morgan fingerprint density at radius 1 is 1.04 bits per heavy atom. The SMILES string of the molecule is Cc1ccc(S(=O)(=O)OC2CO[C@@H]3C(COC4CCCCO4)CO[C@H]23)cc1. The lowest BCUT2D eigenvalue weighted by atomic mass is 10.0. The fourth-order valence-corrected chi connectivity index (χ4v) is 4.84. The summed E-state index contributed by atoms with van der Waals surface area (Å²) >= 11 is 0. The van der Waals surface area contributed by atoms with Gasteiger partial charge in [-0.1, -0.05) is 17.7 Å². The molecule has 4 rings (SSSR count). The van der Waals surface area contributed by atoms with E-state index in [2.05, 4.69) is 0 Å². The molecule has 7 nitrogen and oxygen atoms in total. The highest BCUT2D eigenvalue weighted by Gasteiger charge is 2.50. The first kappa shape index (κ1) is 19.3. The first-order chi connectivity index (χ1) is 13.0. The first-order valence-corrected chi connectivity index (χ1v) is 10.9. The Bertz CT molecular complexity index is 727. The van der Waals surface area contributed by atoms with E-state index in [0.29, 0.717) is 13.2 Å². The van der Waals surface area contributed by atoms with Crippen LogP contribution in [0, 0.1) is 12.8 Å². The average Bonchev–Trinajstić information content (AvgIpc) is 3.24. The van der Waals surface area contributed by atoms with Gasteiger partial charge in [0.2, 0.25) is 0 Å². The van der Waals surface area contributed by atoms with E-state index in [-0.39, 0.29) is 29.8 Å². The van der Waals surface area contributed by atoms with E-state index in [9.17, 15) is 8.42 Å². The number of ether oxygens (including phenoxy) is 4. The van der Waals surface area contributed by atoms with Crippen LogP contribution in [0.1, 0.15) is 24.8 Å². The van der Waals surface area contributed by atoms with Crippen LogP contribution in [0.4, 0.5) is 0 Å². The topological polar surface area (TPSA) is 80.3 Å². The van der Waals surface area contributed by atoms with Gasteiger partial charge in [-0.25, -0.2) is 0 Å². The molecule has 0 saturated carbocycles.